The van der Waals surface area contributed by atoms with Crippen molar-refractivity contribution in [3.8, 4) is 0 Å². The van der Waals surface area contributed by atoms with Crippen LogP contribution in [0.1, 0.15) is 37.2 Å². The number of imide groups is 1. The highest BCUT2D eigenvalue weighted by molar-refractivity contribution is 6.01. The Balaban J connectivity index is 1.53. The van der Waals surface area contributed by atoms with Crippen LogP contribution in [0.3, 0.4) is 0 Å². The predicted molar refractivity (Wildman–Crippen MR) is 92.3 cm³/mol. The SMILES string of the molecule is O=C(O)CN1CCC(c2ccc(N[C@H]3CCC(=O)NC3=O)cc2)CC1. The molecule has 134 valence electrons. The third-order valence-electron chi connectivity index (χ3n) is 4.91. The lowest BCUT2D eigenvalue weighted by Crippen LogP contribution is -2.47. The first-order valence-corrected chi connectivity index (χ1v) is 8.65. The fraction of sp³-hybridized carbons (Fsp3) is 0.500. The molecule has 2 aliphatic rings. The lowest BCUT2D eigenvalue weighted by Gasteiger charge is -2.31. The number of rotatable bonds is 5. The summed E-state index contributed by atoms with van der Waals surface area (Å²) in [6.07, 6.45) is 2.77. The van der Waals surface area contributed by atoms with E-state index < -0.39 is 5.97 Å². The van der Waals surface area contributed by atoms with Gasteiger partial charge in [0.1, 0.15) is 6.04 Å². The van der Waals surface area contributed by atoms with Crippen LogP contribution in [0.5, 0.6) is 0 Å². The topological polar surface area (TPSA) is 98.7 Å². The van der Waals surface area contributed by atoms with Crippen molar-refractivity contribution in [2.75, 3.05) is 25.0 Å². The van der Waals surface area contributed by atoms with Crippen molar-refractivity contribution in [2.24, 2.45) is 0 Å². The molecule has 2 heterocycles. The quantitative estimate of drug-likeness (QED) is 0.693. The molecule has 0 radical (unpaired) electrons. The molecular formula is C18H23N3O4. The van der Waals surface area contributed by atoms with Crippen molar-refractivity contribution in [3.63, 3.8) is 0 Å². The summed E-state index contributed by atoms with van der Waals surface area (Å²) < 4.78 is 0. The van der Waals surface area contributed by atoms with Gasteiger partial charge in [-0.2, -0.15) is 0 Å². The zero-order valence-corrected chi connectivity index (χ0v) is 14.0. The van der Waals surface area contributed by atoms with Gasteiger partial charge < -0.3 is 10.4 Å². The van der Waals surface area contributed by atoms with Gasteiger partial charge in [0.25, 0.3) is 0 Å². The highest BCUT2D eigenvalue weighted by atomic mass is 16.4. The van der Waals surface area contributed by atoms with Crippen molar-refractivity contribution in [1.82, 2.24) is 10.2 Å². The molecule has 7 heteroatoms. The molecule has 3 rings (SSSR count). The van der Waals surface area contributed by atoms with E-state index in [4.69, 9.17) is 5.11 Å². The maximum Gasteiger partial charge on any atom is 0.317 e. The number of carbonyl (C=O) groups excluding carboxylic acids is 2. The monoisotopic (exact) mass is 345 g/mol. The maximum absolute atomic E-state index is 11.8. The van der Waals surface area contributed by atoms with E-state index >= 15 is 0 Å². The minimum absolute atomic E-state index is 0.113. The molecule has 0 saturated carbocycles. The van der Waals surface area contributed by atoms with E-state index in [1.165, 1.54) is 5.56 Å². The molecule has 0 aromatic heterocycles. The number of carbonyl (C=O) groups is 3. The zero-order valence-electron chi connectivity index (χ0n) is 14.0. The summed E-state index contributed by atoms with van der Waals surface area (Å²) in [5.41, 5.74) is 2.10. The second kappa shape index (κ2) is 7.65. The van der Waals surface area contributed by atoms with Gasteiger partial charge in [-0.15, -0.1) is 0 Å². The molecule has 0 unspecified atom stereocenters. The second-order valence-corrected chi connectivity index (χ2v) is 6.71. The van der Waals surface area contributed by atoms with Gasteiger partial charge in [-0.1, -0.05) is 12.1 Å². The largest absolute Gasteiger partial charge is 0.480 e. The van der Waals surface area contributed by atoms with E-state index in [0.717, 1.165) is 31.6 Å². The number of aliphatic carboxylic acids is 1. The van der Waals surface area contributed by atoms with Crippen LogP contribution in [0.4, 0.5) is 5.69 Å². The first-order valence-electron chi connectivity index (χ1n) is 8.65. The minimum atomic E-state index is -0.776. The molecule has 1 aromatic rings. The summed E-state index contributed by atoms with van der Waals surface area (Å²) in [6.45, 7) is 1.71. The van der Waals surface area contributed by atoms with E-state index in [1.807, 2.05) is 17.0 Å². The number of benzene rings is 1. The Hall–Kier alpha value is -2.41. The van der Waals surface area contributed by atoms with Gasteiger partial charge in [0.2, 0.25) is 11.8 Å². The van der Waals surface area contributed by atoms with Crippen molar-refractivity contribution in [3.05, 3.63) is 29.8 Å². The van der Waals surface area contributed by atoms with Crippen LogP contribution in [0.25, 0.3) is 0 Å². The van der Waals surface area contributed by atoms with Crippen LogP contribution in [0.15, 0.2) is 24.3 Å². The van der Waals surface area contributed by atoms with E-state index in [9.17, 15) is 14.4 Å². The van der Waals surface area contributed by atoms with Crippen LogP contribution in [0, 0.1) is 0 Å². The average molecular weight is 345 g/mol. The first-order chi connectivity index (χ1) is 12.0. The molecule has 0 bridgehead atoms. The van der Waals surface area contributed by atoms with Gasteiger partial charge in [-0.25, -0.2) is 0 Å². The summed E-state index contributed by atoms with van der Waals surface area (Å²) in [7, 11) is 0. The van der Waals surface area contributed by atoms with Crippen molar-refractivity contribution < 1.29 is 19.5 Å². The standard InChI is InChI=1S/C18H23N3O4/c22-16-6-5-15(18(25)20-16)19-14-3-1-12(2-4-14)13-7-9-21(10-8-13)11-17(23)24/h1-4,13,15,19H,5-11H2,(H,23,24)(H,20,22,25)/t15-/m0/s1. The van der Waals surface area contributed by atoms with E-state index in [2.05, 4.69) is 22.8 Å². The molecule has 25 heavy (non-hydrogen) atoms. The smallest absolute Gasteiger partial charge is 0.317 e. The molecule has 0 aliphatic carbocycles. The molecule has 0 spiro atoms. The lowest BCUT2D eigenvalue weighted by molar-refractivity contribution is -0.138. The molecular weight excluding hydrogens is 322 g/mol. The van der Waals surface area contributed by atoms with Gasteiger partial charge in [0, 0.05) is 12.1 Å². The number of carboxylic acids is 1. The Kier molecular flexibility index (Phi) is 5.33. The number of piperidine rings is 2. The molecule has 2 saturated heterocycles. The zero-order chi connectivity index (χ0) is 17.8. The van der Waals surface area contributed by atoms with Crippen molar-refractivity contribution in [1.29, 1.82) is 0 Å². The van der Waals surface area contributed by atoms with Crippen LogP contribution < -0.4 is 10.6 Å². The molecule has 1 aromatic carbocycles. The van der Waals surface area contributed by atoms with E-state index in [0.29, 0.717) is 18.8 Å². The third kappa shape index (κ3) is 4.57. The number of anilines is 1. The average Bonchev–Trinajstić information content (AvgIpc) is 2.58. The number of hydrogen-bond acceptors (Lipinski definition) is 5. The van der Waals surface area contributed by atoms with Gasteiger partial charge in [0.05, 0.1) is 6.54 Å². The fourth-order valence-corrected chi connectivity index (χ4v) is 3.50. The first kappa shape index (κ1) is 17.4. The van der Waals surface area contributed by atoms with E-state index in [1.54, 1.807) is 0 Å². The van der Waals surface area contributed by atoms with E-state index in [-0.39, 0.29) is 24.4 Å². The molecule has 1 atom stereocenters. The number of amides is 2. The van der Waals surface area contributed by atoms with Crippen LogP contribution in [-0.2, 0) is 14.4 Å². The molecule has 2 aliphatic heterocycles. The van der Waals surface area contributed by atoms with Crippen LogP contribution in [-0.4, -0.2) is 53.5 Å². The Morgan fingerprint density at radius 2 is 1.84 bits per heavy atom. The molecule has 2 fully saturated rings. The molecule has 3 N–H and O–H groups in total. The predicted octanol–water partition coefficient (Wildman–Crippen LogP) is 1.17. The number of nitrogens with one attached hydrogen (secondary N) is 2. The third-order valence-corrected chi connectivity index (χ3v) is 4.91. The highest BCUT2D eigenvalue weighted by Gasteiger charge is 2.26. The van der Waals surface area contributed by atoms with Gasteiger partial charge in [-0.05, 0) is 56.0 Å². The van der Waals surface area contributed by atoms with Gasteiger partial charge >= 0.3 is 5.97 Å². The number of nitrogens with zero attached hydrogens (tertiary/aromatic N) is 1. The van der Waals surface area contributed by atoms with Crippen LogP contribution in [0.2, 0.25) is 0 Å². The van der Waals surface area contributed by atoms with Crippen LogP contribution >= 0.6 is 0 Å². The number of hydrogen-bond donors (Lipinski definition) is 3. The Morgan fingerprint density at radius 3 is 2.44 bits per heavy atom. The van der Waals surface area contributed by atoms with Gasteiger partial charge in [0.15, 0.2) is 0 Å². The maximum atomic E-state index is 11.8. The number of carboxylic acid groups (broad SMARTS) is 1. The summed E-state index contributed by atoms with van der Waals surface area (Å²) in [4.78, 5) is 35.7. The Morgan fingerprint density at radius 1 is 1.16 bits per heavy atom. The summed E-state index contributed by atoms with van der Waals surface area (Å²) in [5, 5.41) is 14.4. The Labute approximate surface area is 146 Å². The van der Waals surface area contributed by atoms with Crippen molar-refractivity contribution >= 4 is 23.5 Å². The molecule has 7 nitrogen and oxygen atoms in total. The fourth-order valence-electron chi connectivity index (χ4n) is 3.50. The van der Waals surface area contributed by atoms with Crippen molar-refractivity contribution in [2.45, 2.75) is 37.6 Å². The summed E-state index contributed by atoms with van der Waals surface area (Å²) in [6, 6.07) is 7.67. The van der Waals surface area contributed by atoms with Gasteiger partial charge in [-0.3, -0.25) is 24.6 Å². The highest BCUT2D eigenvalue weighted by Crippen LogP contribution is 2.29. The summed E-state index contributed by atoms with van der Waals surface area (Å²) in [5.74, 6) is -0.823. The summed E-state index contributed by atoms with van der Waals surface area (Å²) >= 11 is 0. The Bertz CT molecular complexity index is 651. The second-order valence-electron chi connectivity index (χ2n) is 6.71. The lowest BCUT2D eigenvalue weighted by atomic mass is 9.89. The number of likely N-dealkylation sites (tertiary alicyclic amines) is 1. The molecule has 2 amide bonds. The minimum Gasteiger partial charge on any atom is -0.480 e. The normalized spacial score (nSPS) is 22.5.